The summed E-state index contributed by atoms with van der Waals surface area (Å²) in [6.45, 7) is 1.03. The zero-order chi connectivity index (χ0) is 16.2. The number of benzene rings is 1. The molecule has 2 atom stereocenters. The second-order valence-corrected chi connectivity index (χ2v) is 4.76. The number of alkyl halides is 3. The highest BCUT2D eigenvalue weighted by molar-refractivity contribution is 5.83. The molecule has 0 aliphatic carbocycles. The summed E-state index contributed by atoms with van der Waals surface area (Å²) in [7, 11) is 1.42. The molecular formula is C13H17F4N3O. The van der Waals surface area contributed by atoms with Gasteiger partial charge in [0.1, 0.15) is 11.7 Å². The largest absolute Gasteiger partial charge is 0.409 e. The van der Waals surface area contributed by atoms with E-state index >= 15 is 0 Å². The Morgan fingerprint density at radius 1 is 1.38 bits per heavy atom. The predicted octanol–water partition coefficient (Wildman–Crippen LogP) is 2.74. The number of halogens is 4. The molecule has 2 unspecified atom stereocenters. The second-order valence-electron chi connectivity index (χ2n) is 4.76. The van der Waals surface area contributed by atoms with Crippen molar-refractivity contribution in [2.45, 2.75) is 19.1 Å². The van der Waals surface area contributed by atoms with Gasteiger partial charge in [0.25, 0.3) is 0 Å². The minimum Gasteiger partial charge on any atom is -0.409 e. The van der Waals surface area contributed by atoms with Crippen LogP contribution in [0.15, 0.2) is 29.4 Å². The van der Waals surface area contributed by atoms with Gasteiger partial charge in [-0.2, -0.15) is 13.2 Å². The number of hydrogen-bond acceptors (Lipinski definition) is 3. The maximum Gasteiger partial charge on any atom is 0.400 e. The van der Waals surface area contributed by atoms with Crippen molar-refractivity contribution in [3.05, 3.63) is 35.6 Å². The summed E-state index contributed by atoms with van der Waals surface area (Å²) in [6, 6.07) is 5.25. The van der Waals surface area contributed by atoms with Crippen molar-refractivity contribution in [1.82, 2.24) is 4.90 Å². The van der Waals surface area contributed by atoms with Gasteiger partial charge < -0.3 is 10.9 Å². The lowest BCUT2D eigenvalue weighted by Gasteiger charge is -2.30. The minimum atomic E-state index is -4.65. The van der Waals surface area contributed by atoms with Crippen LogP contribution in [0, 0.1) is 11.7 Å². The zero-order valence-corrected chi connectivity index (χ0v) is 11.6. The summed E-state index contributed by atoms with van der Waals surface area (Å²) in [5.74, 6) is -3.54. The average molecular weight is 307 g/mol. The lowest BCUT2D eigenvalue weighted by Crippen LogP contribution is -2.44. The normalized spacial score (nSPS) is 16.0. The molecule has 21 heavy (non-hydrogen) atoms. The molecule has 0 saturated carbocycles. The van der Waals surface area contributed by atoms with Gasteiger partial charge in [-0.25, -0.2) is 4.39 Å². The molecule has 1 aromatic carbocycles. The van der Waals surface area contributed by atoms with E-state index in [1.807, 2.05) is 0 Å². The Hall–Kier alpha value is -1.83. The summed E-state index contributed by atoms with van der Waals surface area (Å²) in [5.41, 5.74) is 5.38. The van der Waals surface area contributed by atoms with Crippen molar-refractivity contribution in [3.63, 3.8) is 0 Å². The molecule has 0 fully saturated rings. The fraction of sp³-hybridized carbons (Fsp3) is 0.462. The summed E-state index contributed by atoms with van der Waals surface area (Å²) in [6.07, 6.45) is -4.65. The lowest BCUT2D eigenvalue weighted by molar-refractivity contribution is -0.160. The maximum absolute atomic E-state index is 13.7. The Labute approximate surface area is 119 Å². The van der Waals surface area contributed by atoms with Crippen LogP contribution in [0.1, 0.15) is 18.5 Å². The molecule has 3 N–H and O–H groups in total. The predicted molar refractivity (Wildman–Crippen MR) is 70.4 cm³/mol. The first-order valence-electron chi connectivity index (χ1n) is 6.17. The Morgan fingerprint density at radius 3 is 2.43 bits per heavy atom. The first kappa shape index (κ1) is 17.2. The minimum absolute atomic E-state index is 0.278. The standard InChI is InChI=1S/C13H17F4N3O/c1-8(9-5-3-4-6-11(9)14)20(2)7-10(12(18)19-21)13(15,16)17/h3-6,8,10,21H,7H2,1-2H3,(H2,18,19). The summed E-state index contributed by atoms with van der Waals surface area (Å²) in [5, 5.41) is 10.9. The van der Waals surface area contributed by atoms with Gasteiger partial charge in [-0.05, 0) is 20.0 Å². The number of hydrogen-bond donors (Lipinski definition) is 2. The van der Waals surface area contributed by atoms with Crippen molar-refractivity contribution >= 4 is 5.84 Å². The highest BCUT2D eigenvalue weighted by atomic mass is 19.4. The number of rotatable bonds is 5. The van der Waals surface area contributed by atoms with Gasteiger partial charge in [0.15, 0.2) is 5.84 Å². The maximum atomic E-state index is 13.7. The summed E-state index contributed by atoms with van der Waals surface area (Å²) < 4.78 is 52.3. The van der Waals surface area contributed by atoms with Crippen molar-refractivity contribution in [2.24, 2.45) is 16.8 Å². The van der Waals surface area contributed by atoms with E-state index in [0.717, 1.165) is 0 Å². The monoisotopic (exact) mass is 307 g/mol. The number of oxime groups is 1. The van der Waals surface area contributed by atoms with Crippen LogP contribution in [-0.4, -0.2) is 35.7 Å². The van der Waals surface area contributed by atoms with Crippen molar-refractivity contribution in [3.8, 4) is 0 Å². The molecule has 118 valence electrons. The molecule has 0 radical (unpaired) electrons. The van der Waals surface area contributed by atoms with Gasteiger partial charge in [0.05, 0.1) is 0 Å². The molecule has 0 aromatic heterocycles. The smallest absolute Gasteiger partial charge is 0.400 e. The van der Waals surface area contributed by atoms with Crippen LogP contribution in [-0.2, 0) is 0 Å². The molecule has 8 heteroatoms. The van der Waals surface area contributed by atoms with E-state index in [-0.39, 0.29) is 5.56 Å². The van der Waals surface area contributed by atoms with Gasteiger partial charge in [-0.1, -0.05) is 23.4 Å². The van der Waals surface area contributed by atoms with Crippen LogP contribution >= 0.6 is 0 Å². The number of amidine groups is 1. The number of nitrogens with zero attached hydrogens (tertiary/aromatic N) is 2. The van der Waals surface area contributed by atoms with Crippen molar-refractivity contribution < 1.29 is 22.8 Å². The van der Waals surface area contributed by atoms with E-state index in [1.54, 1.807) is 13.0 Å². The van der Waals surface area contributed by atoms with Gasteiger partial charge in [-0.15, -0.1) is 0 Å². The van der Waals surface area contributed by atoms with Gasteiger partial charge in [0, 0.05) is 18.2 Å². The SMILES string of the molecule is CC(c1ccccc1F)N(C)CC(/C(N)=N/O)C(F)(F)F. The third-order valence-electron chi connectivity index (χ3n) is 3.35. The van der Waals surface area contributed by atoms with Gasteiger partial charge >= 0.3 is 6.18 Å². The van der Waals surface area contributed by atoms with E-state index in [2.05, 4.69) is 5.16 Å². The molecule has 0 aliphatic heterocycles. The lowest BCUT2D eigenvalue weighted by atomic mass is 10.0. The highest BCUT2D eigenvalue weighted by Crippen LogP contribution is 2.30. The third kappa shape index (κ3) is 4.32. The molecule has 4 nitrogen and oxygen atoms in total. The summed E-state index contributed by atoms with van der Waals surface area (Å²) in [4.78, 5) is 1.30. The quantitative estimate of drug-likeness (QED) is 0.289. The molecule has 0 heterocycles. The van der Waals surface area contributed by atoms with Crippen molar-refractivity contribution in [1.29, 1.82) is 0 Å². The van der Waals surface area contributed by atoms with E-state index < -0.39 is 36.3 Å². The molecule has 1 rings (SSSR count). The molecule has 0 spiro atoms. The zero-order valence-electron chi connectivity index (χ0n) is 11.6. The summed E-state index contributed by atoms with van der Waals surface area (Å²) >= 11 is 0. The Kier molecular flexibility index (Phi) is 5.54. The highest BCUT2D eigenvalue weighted by Gasteiger charge is 2.43. The topological polar surface area (TPSA) is 61.8 Å². The first-order chi connectivity index (χ1) is 9.68. The molecule has 0 aliphatic rings. The Bertz CT molecular complexity index is 504. The van der Waals surface area contributed by atoms with Gasteiger partial charge in [-0.3, -0.25) is 4.90 Å². The van der Waals surface area contributed by atoms with E-state index in [4.69, 9.17) is 10.9 Å². The van der Waals surface area contributed by atoms with Crippen LogP contribution < -0.4 is 5.73 Å². The van der Waals surface area contributed by atoms with E-state index in [9.17, 15) is 17.6 Å². The van der Waals surface area contributed by atoms with Crippen LogP contribution in [0.5, 0.6) is 0 Å². The van der Waals surface area contributed by atoms with E-state index in [0.29, 0.717) is 0 Å². The Morgan fingerprint density at radius 2 is 1.95 bits per heavy atom. The first-order valence-corrected chi connectivity index (χ1v) is 6.17. The fourth-order valence-electron chi connectivity index (χ4n) is 1.93. The van der Waals surface area contributed by atoms with Crippen LogP contribution in [0.4, 0.5) is 17.6 Å². The van der Waals surface area contributed by atoms with Crippen LogP contribution in [0.2, 0.25) is 0 Å². The number of nitrogens with two attached hydrogens (primary N) is 1. The average Bonchev–Trinajstić information content (AvgIpc) is 2.42. The van der Waals surface area contributed by atoms with Crippen LogP contribution in [0.3, 0.4) is 0 Å². The third-order valence-corrected chi connectivity index (χ3v) is 3.35. The molecule has 0 amide bonds. The molecule has 0 saturated heterocycles. The second kappa shape index (κ2) is 6.75. The van der Waals surface area contributed by atoms with Gasteiger partial charge in [0.2, 0.25) is 0 Å². The van der Waals surface area contributed by atoms with Crippen molar-refractivity contribution in [2.75, 3.05) is 13.6 Å². The molecule has 0 bridgehead atoms. The molecule has 1 aromatic rings. The molecular weight excluding hydrogens is 290 g/mol. The van der Waals surface area contributed by atoms with Crippen LogP contribution in [0.25, 0.3) is 0 Å². The fourth-order valence-corrected chi connectivity index (χ4v) is 1.93. The van der Waals surface area contributed by atoms with E-state index in [1.165, 1.54) is 30.1 Å². The Balaban J connectivity index is 2.92.